The number of terminal acetylenes is 3. The largest absolute Gasteiger partial charge is 0.334 e. The van der Waals surface area contributed by atoms with Gasteiger partial charge in [-0.2, -0.15) is 0 Å². The Morgan fingerprint density at radius 2 is 1.60 bits per heavy atom. The van der Waals surface area contributed by atoms with Gasteiger partial charge in [0.1, 0.15) is 0 Å². The third-order valence-electron chi connectivity index (χ3n) is 2.74. The summed E-state index contributed by atoms with van der Waals surface area (Å²) in [6.07, 6.45) is 17.1. The molecule has 0 spiro atoms. The van der Waals surface area contributed by atoms with Crippen molar-refractivity contribution < 1.29 is 0 Å². The second kappa shape index (κ2) is 5.22. The van der Waals surface area contributed by atoms with E-state index >= 15 is 0 Å². The van der Waals surface area contributed by atoms with Gasteiger partial charge in [-0.25, -0.2) is 14.3 Å². The molecule has 2 rings (SSSR count). The first-order chi connectivity index (χ1) is 9.65. The highest BCUT2D eigenvalue weighted by atomic mass is 16.2. The Hall–Kier alpha value is -3.17. The highest BCUT2D eigenvalue weighted by Crippen LogP contribution is 2.06. The maximum atomic E-state index is 12.3. The molecule has 0 N–H and O–H groups in total. The van der Waals surface area contributed by atoms with E-state index < -0.39 is 11.2 Å². The van der Waals surface area contributed by atoms with Crippen molar-refractivity contribution >= 4 is 11.2 Å². The Bertz CT molecular complexity index is 906. The normalized spacial score (nSPS) is 9.85. The molecule has 0 amide bonds. The summed E-state index contributed by atoms with van der Waals surface area (Å²) in [5.41, 5.74) is -0.678. The molecule has 0 aromatic carbocycles. The predicted molar refractivity (Wildman–Crippen MR) is 74.8 cm³/mol. The van der Waals surface area contributed by atoms with Gasteiger partial charge in [0.15, 0.2) is 11.2 Å². The molecule has 0 unspecified atom stereocenters. The molecule has 6 heteroatoms. The van der Waals surface area contributed by atoms with E-state index in [0.29, 0.717) is 0 Å². The van der Waals surface area contributed by atoms with Crippen molar-refractivity contribution in [1.29, 1.82) is 0 Å². The molecular weight excluding hydrogens is 256 g/mol. The van der Waals surface area contributed by atoms with E-state index in [2.05, 4.69) is 22.7 Å². The van der Waals surface area contributed by atoms with Crippen molar-refractivity contribution in [3.63, 3.8) is 0 Å². The zero-order valence-electron chi connectivity index (χ0n) is 10.5. The summed E-state index contributed by atoms with van der Waals surface area (Å²) in [5, 5.41) is 0. The van der Waals surface area contributed by atoms with E-state index in [1.54, 1.807) is 0 Å². The van der Waals surface area contributed by atoms with Crippen molar-refractivity contribution in [3.05, 3.63) is 27.2 Å². The summed E-state index contributed by atoms with van der Waals surface area (Å²) in [7, 11) is 0. The van der Waals surface area contributed by atoms with Gasteiger partial charge < -0.3 is 4.57 Å². The van der Waals surface area contributed by atoms with Gasteiger partial charge in [0.25, 0.3) is 5.56 Å². The van der Waals surface area contributed by atoms with Crippen LogP contribution in [0.15, 0.2) is 15.9 Å². The maximum Gasteiger partial charge on any atom is 0.334 e. The predicted octanol–water partition coefficient (Wildman–Crippen LogP) is -0.741. The number of nitrogens with zero attached hydrogens (tertiary/aromatic N) is 4. The monoisotopic (exact) mass is 266 g/mol. The highest BCUT2D eigenvalue weighted by Gasteiger charge is 2.16. The molecule has 98 valence electrons. The Balaban J connectivity index is 2.96. The van der Waals surface area contributed by atoms with Crippen LogP contribution in [-0.2, 0) is 19.6 Å². The Morgan fingerprint density at radius 1 is 1.00 bits per heavy atom. The molecule has 0 aliphatic heterocycles. The first-order valence-electron chi connectivity index (χ1n) is 5.64. The van der Waals surface area contributed by atoms with E-state index in [1.165, 1.54) is 15.5 Å². The summed E-state index contributed by atoms with van der Waals surface area (Å²) in [4.78, 5) is 28.6. The zero-order valence-corrected chi connectivity index (χ0v) is 10.5. The second-order valence-corrected chi connectivity index (χ2v) is 3.92. The first kappa shape index (κ1) is 13.3. The molecule has 0 atom stereocenters. The van der Waals surface area contributed by atoms with Crippen molar-refractivity contribution in [3.8, 4) is 37.0 Å². The Labute approximate surface area is 114 Å². The van der Waals surface area contributed by atoms with Crippen LogP contribution < -0.4 is 11.2 Å². The molecule has 0 saturated heterocycles. The summed E-state index contributed by atoms with van der Waals surface area (Å²) in [6.45, 7) is 0.0166. The standard InChI is InChI=1S/C14H10N4O2/c1-4-7-16-10-15-12-11(16)13(19)18(9-6-3)14(20)17(12)8-5-2/h1-3,10H,7-9H2. The van der Waals surface area contributed by atoms with Gasteiger partial charge in [0, 0.05) is 0 Å². The molecule has 0 aliphatic rings. The minimum absolute atomic E-state index is 0.00669. The number of aromatic nitrogens is 4. The number of hydrogen-bond donors (Lipinski definition) is 0. The molecule has 0 saturated carbocycles. The lowest BCUT2D eigenvalue weighted by atomic mass is 10.4. The molecule has 2 heterocycles. The third kappa shape index (κ3) is 1.88. The maximum absolute atomic E-state index is 12.3. The van der Waals surface area contributed by atoms with E-state index in [0.717, 1.165) is 4.57 Å². The molecule has 0 bridgehead atoms. The average Bonchev–Trinajstić information content (AvgIpc) is 2.84. The van der Waals surface area contributed by atoms with Gasteiger partial charge in [-0.1, -0.05) is 17.8 Å². The number of hydrogen-bond acceptors (Lipinski definition) is 3. The number of imidazole rings is 1. The molecule has 20 heavy (non-hydrogen) atoms. The van der Waals surface area contributed by atoms with Gasteiger partial charge in [0.2, 0.25) is 0 Å². The molecule has 2 aromatic heterocycles. The van der Waals surface area contributed by atoms with Gasteiger partial charge in [-0.15, -0.1) is 19.3 Å². The van der Waals surface area contributed by atoms with Crippen LogP contribution in [0.4, 0.5) is 0 Å². The van der Waals surface area contributed by atoms with Gasteiger partial charge in [-0.05, 0) is 0 Å². The van der Waals surface area contributed by atoms with Crippen LogP contribution in [0, 0.1) is 37.0 Å². The molecule has 6 nitrogen and oxygen atoms in total. The topological polar surface area (TPSA) is 61.8 Å². The van der Waals surface area contributed by atoms with Gasteiger partial charge in [0.05, 0.1) is 26.0 Å². The summed E-state index contributed by atoms with van der Waals surface area (Å²) in [5.74, 6) is 7.04. The fourth-order valence-corrected chi connectivity index (χ4v) is 1.92. The van der Waals surface area contributed by atoms with Crippen LogP contribution >= 0.6 is 0 Å². The smallest absolute Gasteiger partial charge is 0.313 e. The third-order valence-corrected chi connectivity index (χ3v) is 2.74. The van der Waals surface area contributed by atoms with E-state index in [9.17, 15) is 9.59 Å². The summed E-state index contributed by atoms with van der Waals surface area (Å²) in [6, 6.07) is 0. The number of rotatable bonds is 3. The zero-order chi connectivity index (χ0) is 14.7. The van der Waals surface area contributed by atoms with Crippen molar-refractivity contribution in [2.24, 2.45) is 0 Å². The van der Waals surface area contributed by atoms with Crippen molar-refractivity contribution in [1.82, 2.24) is 18.7 Å². The fraction of sp³-hybridized carbons (Fsp3) is 0.214. The van der Waals surface area contributed by atoms with Crippen LogP contribution in [0.3, 0.4) is 0 Å². The molecular formula is C14H10N4O2. The quantitative estimate of drug-likeness (QED) is 0.687. The van der Waals surface area contributed by atoms with E-state index in [4.69, 9.17) is 19.3 Å². The molecule has 2 aromatic rings. The van der Waals surface area contributed by atoms with E-state index in [-0.39, 0.29) is 30.8 Å². The minimum atomic E-state index is -0.579. The van der Waals surface area contributed by atoms with Crippen molar-refractivity contribution in [2.75, 3.05) is 0 Å². The average molecular weight is 266 g/mol. The Kier molecular flexibility index (Phi) is 3.46. The van der Waals surface area contributed by atoms with Crippen LogP contribution in [0.5, 0.6) is 0 Å². The molecule has 0 aliphatic carbocycles. The SMILES string of the molecule is C#CCn1c(=O)c2c(ncn2CC#C)n(CC#C)c1=O. The van der Waals surface area contributed by atoms with Gasteiger partial charge >= 0.3 is 5.69 Å². The van der Waals surface area contributed by atoms with Crippen LogP contribution in [0.1, 0.15) is 0 Å². The summed E-state index contributed by atoms with van der Waals surface area (Å²) < 4.78 is 3.65. The molecule has 0 fully saturated rings. The van der Waals surface area contributed by atoms with Crippen LogP contribution in [-0.4, -0.2) is 18.7 Å². The lowest BCUT2D eigenvalue weighted by molar-refractivity contribution is 0.655. The highest BCUT2D eigenvalue weighted by molar-refractivity contribution is 5.70. The fourth-order valence-electron chi connectivity index (χ4n) is 1.92. The Morgan fingerprint density at radius 3 is 2.20 bits per heavy atom. The van der Waals surface area contributed by atoms with Crippen molar-refractivity contribution in [2.45, 2.75) is 19.6 Å². The lowest BCUT2D eigenvalue weighted by Gasteiger charge is -2.08. The minimum Gasteiger partial charge on any atom is -0.313 e. The first-order valence-corrected chi connectivity index (χ1v) is 5.64. The van der Waals surface area contributed by atoms with E-state index in [1.807, 2.05) is 0 Å². The van der Waals surface area contributed by atoms with Crippen LogP contribution in [0.2, 0.25) is 0 Å². The number of fused-ring (bicyclic) bond motifs is 1. The summed E-state index contributed by atoms with van der Waals surface area (Å²) >= 11 is 0. The van der Waals surface area contributed by atoms with Gasteiger partial charge in [-0.3, -0.25) is 9.36 Å². The lowest BCUT2D eigenvalue weighted by Crippen LogP contribution is -2.40. The van der Waals surface area contributed by atoms with Crippen LogP contribution in [0.25, 0.3) is 11.2 Å². The molecule has 0 radical (unpaired) electrons. The second-order valence-electron chi connectivity index (χ2n) is 3.92.